The molecule has 10 nitrogen and oxygen atoms in total. The van der Waals surface area contributed by atoms with Crippen LogP contribution in [0.5, 0.6) is 0 Å². The standard InChI is InChI=1S/C37H48ClN5O5/c1-39-34(47)36-14-22-11-23(15-36)17-37(16-22,21-36)35(48)43-20-26(44)13-31(43)32(45)41-30(12-25-18-40-29-10-6-4-8-27(25)29)33(46)42(2)19-24-7-3-5-9-28(24)38/h3-10,18,22-23,26,30-32,34,39-41,44-45,47H,11-17,19-21H2,1-2H3/t22?,23?,26-,30?,31?,32+,34?,36?,37?/m1/s1. The molecule has 5 unspecified atom stereocenters. The number of fused-ring (bicyclic) bond motifs is 1. The number of hydrogen-bond acceptors (Lipinski definition) is 7. The fraction of sp³-hybridized carbons (Fsp3) is 0.568. The first-order chi connectivity index (χ1) is 23.0. The van der Waals surface area contributed by atoms with Crippen LogP contribution in [-0.4, -0.2) is 93.2 Å². The highest BCUT2D eigenvalue weighted by molar-refractivity contribution is 6.31. The third-order valence-corrected chi connectivity index (χ3v) is 12.2. The molecule has 4 bridgehead atoms. The number of para-hydroxylation sites is 1. The number of likely N-dealkylation sites (tertiary alicyclic amines) is 1. The average molecular weight is 678 g/mol. The lowest BCUT2D eigenvalue weighted by molar-refractivity contribution is -0.188. The lowest BCUT2D eigenvalue weighted by Gasteiger charge is -2.63. The molecule has 0 radical (unpaired) electrons. The van der Waals surface area contributed by atoms with Crippen molar-refractivity contribution in [2.75, 3.05) is 20.6 Å². The van der Waals surface area contributed by atoms with Crippen LogP contribution < -0.4 is 10.6 Å². The number of rotatable bonds is 11. The summed E-state index contributed by atoms with van der Waals surface area (Å²) in [6.07, 6.45) is 4.74. The molecule has 3 aromatic rings. The van der Waals surface area contributed by atoms with Crippen LogP contribution in [0.25, 0.3) is 10.9 Å². The number of halogens is 1. The maximum absolute atomic E-state index is 14.7. The summed E-state index contributed by atoms with van der Waals surface area (Å²) in [5.74, 6) is 0.486. The third kappa shape index (κ3) is 6.05. The molecule has 4 saturated carbocycles. The maximum atomic E-state index is 14.7. The van der Waals surface area contributed by atoms with Gasteiger partial charge in [-0.05, 0) is 93.5 Å². The minimum absolute atomic E-state index is 0.0398. The Labute approximate surface area is 286 Å². The third-order valence-electron chi connectivity index (χ3n) is 11.9. The van der Waals surface area contributed by atoms with Crippen molar-refractivity contribution >= 4 is 34.3 Å². The molecular weight excluding hydrogens is 630 g/mol. The van der Waals surface area contributed by atoms with Gasteiger partial charge >= 0.3 is 0 Å². The Morgan fingerprint density at radius 2 is 1.75 bits per heavy atom. The van der Waals surface area contributed by atoms with E-state index in [1.165, 1.54) is 0 Å². The van der Waals surface area contributed by atoms with Crippen LogP contribution in [-0.2, 0) is 22.6 Å². The largest absolute Gasteiger partial charge is 0.391 e. The van der Waals surface area contributed by atoms with Crippen LogP contribution in [0.4, 0.5) is 0 Å². The number of likely N-dealkylation sites (N-methyl/N-ethyl adjacent to an activating group) is 1. The van der Waals surface area contributed by atoms with Gasteiger partial charge in [0.2, 0.25) is 11.8 Å². The van der Waals surface area contributed by atoms with Gasteiger partial charge in [0.05, 0.1) is 23.6 Å². The first kappa shape index (κ1) is 33.5. The van der Waals surface area contributed by atoms with E-state index in [0.717, 1.165) is 54.1 Å². The summed E-state index contributed by atoms with van der Waals surface area (Å²) in [5.41, 5.74) is 1.72. The lowest BCUT2D eigenvalue weighted by atomic mass is 9.43. The molecule has 5 fully saturated rings. The molecule has 1 aliphatic heterocycles. The number of benzene rings is 2. The highest BCUT2D eigenvalue weighted by Gasteiger charge is 2.64. The van der Waals surface area contributed by atoms with Gasteiger partial charge < -0.3 is 30.1 Å². The van der Waals surface area contributed by atoms with Gasteiger partial charge in [-0.2, -0.15) is 0 Å². The molecule has 6 N–H and O–H groups in total. The van der Waals surface area contributed by atoms with E-state index in [4.69, 9.17) is 11.6 Å². The quantitative estimate of drug-likeness (QED) is 0.171. The number of nitrogens with zero attached hydrogens (tertiary/aromatic N) is 2. The molecule has 258 valence electrons. The van der Waals surface area contributed by atoms with Gasteiger partial charge in [-0.25, -0.2) is 0 Å². The summed E-state index contributed by atoms with van der Waals surface area (Å²) in [4.78, 5) is 35.4. The van der Waals surface area contributed by atoms with Crippen LogP contribution in [0.1, 0.15) is 56.1 Å². The zero-order chi connectivity index (χ0) is 33.8. The average Bonchev–Trinajstić information content (AvgIpc) is 3.67. The van der Waals surface area contributed by atoms with Gasteiger partial charge in [0.15, 0.2) is 0 Å². The van der Waals surface area contributed by atoms with E-state index in [0.29, 0.717) is 36.2 Å². The predicted molar refractivity (Wildman–Crippen MR) is 184 cm³/mol. The highest BCUT2D eigenvalue weighted by atomic mass is 35.5. The Morgan fingerprint density at radius 1 is 1.04 bits per heavy atom. The fourth-order valence-electron chi connectivity index (χ4n) is 10.2. The molecule has 7 atom stereocenters. The lowest BCUT2D eigenvalue weighted by Crippen LogP contribution is -2.64. The molecule has 1 saturated heterocycles. The number of aromatic amines is 1. The zero-order valence-corrected chi connectivity index (χ0v) is 28.5. The van der Waals surface area contributed by atoms with Gasteiger partial charge in [0.25, 0.3) is 0 Å². The zero-order valence-electron chi connectivity index (χ0n) is 27.7. The number of aliphatic hydroxyl groups excluding tert-OH is 3. The van der Waals surface area contributed by atoms with Crippen molar-refractivity contribution in [3.05, 3.63) is 70.9 Å². The number of hydrogen-bond donors (Lipinski definition) is 6. The van der Waals surface area contributed by atoms with Crippen molar-refractivity contribution in [1.29, 1.82) is 0 Å². The Hall–Kier alpha value is -2.99. The number of carbonyl (C=O) groups excluding carboxylic acids is 2. The number of amides is 2. The van der Waals surface area contributed by atoms with Crippen molar-refractivity contribution in [3.8, 4) is 0 Å². The Morgan fingerprint density at radius 3 is 2.48 bits per heavy atom. The van der Waals surface area contributed by atoms with Gasteiger partial charge in [0, 0.05) is 47.7 Å². The summed E-state index contributed by atoms with van der Waals surface area (Å²) in [7, 11) is 3.49. The highest BCUT2D eigenvalue weighted by Crippen LogP contribution is 2.66. The molecule has 5 aliphatic rings. The van der Waals surface area contributed by atoms with Gasteiger partial charge in [-0.3, -0.25) is 20.2 Å². The van der Waals surface area contributed by atoms with E-state index < -0.39 is 36.1 Å². The second kappa shape index (κ2) is 13.0. The van der Waals surface area contributed by atoms with Gasteiger partial charge in [-0.15, -0.1) is 0 Å². The Kier molecular flexibility index (Phi) is 9.10. The minimum atomic E-state index is -1.26. The van der Waals surface area contributed by atoms with E-state index in [1.54, 1.807) is 30.0 Å². The molecule has 11 heteroatoms. The number of nitrogens with one attached hydrogen (secondary N) is 3. The van der Waals surface area contributed by atoms with E-state index in [1.807, 2.05) is 48.7 Å². The van der Waals surface area contributed by atoms with E-state index >= 15 is 0 Å². The van der Waals surface area contributed by atoms with Crippen molar-refractivity contribution in [1.82, 2.24) is 25.4 Å². The van der Waals surface area contributed by atoms with E-state index in [9.17, 15) is 24.9 Å². The Balaban J connectivity index is 1.14. The number of carbonyl (C=O) groups is 2. The predicted octanol–water partition coefficient (Wildman–Crippen LogP) is 3.39. The van der Waals surface area contributed by atoms with Gasteiger partial charge in [-0.1, -0.05) is 48.0 Å². The molecule has 48 heavy (non-hydrogen) atoms. The number of H-pyrrole nitrogens is 1. The monoisotopic (exact) mass is 677 g/mol. The van der Waals surface area contributed by atoms with Crippen molar-refractivity contribution in [2.45, 2.75) is 88.6 Å². The summed E-state index contributed by atoms with van der Waals surface area (Å²) >= 11 is 6.43. The maximum Gasteiger partial charge on any atom is 0.240 e. The van der Waals surface area contributed by atoms with E-state index in [-0.39, 0.29) is 30.2 Å². The Bertz CT molecular complexity index is 1650. The van der Waals surface area contributed by atoms with Crippen LogP contribution in [0.15, 0.2) is 54.7 Å². The molecule has 4 aliphatic carbocycles. The normalized spacial score (nSPS) is 31.2. The smallest absolute Gasteiger partial charge is 0.240 e. The molecule has 0 spiro atoms. The van der Waals surface area contributed by atoms with Crippen LogP contribution >= 0.6 is 11.6 Å². The second-order valence-electron chi connectivity index (χ2n) is 15.2. The fourth-order valence-corrected chi connectivity index (χ4v) is 10.4. The minimum Gasteiger partial charge on any atom is -0.391 e. The molecule has 8 rings (SSSR count). The molecule has 1 aromatic heterocycles. The summed E-state index contributed by atoms with van der Waals surface area (Å²) in [5, 5.41) is 41.7. The number of aliphatic hydroxyl groups is 3. The van der Waals surface area contributed by atoms with Crippen LogP contribution in [0.3, 0.4) is 0 Å². The SMILES string of the molecule is CNC(O)C12CC3CC(CC(C(=O)N4C[C@H](O)CC4[C@H](O)NC(Cc4c[nH]c5ccccc45)C(=O)N(C)Cc4ccccc4Cl)(C3)C1)C2. The summed E-state index contributed by atoms with van der Waals surface area (Å²) in [6.45, 7) is 0.423. The number of aromatic nitrogens is 1. The van der Waals surface area contributed by atoms with E-state index in [2.05, 4.69) is 15.6 Å². The number of β-amino-alcohol motifs (C(OH)–C–C–N with tert-alkyl or cyclic N) is 1. The molecule has 2 heterocycles. The van der Waals surface area contributed by atoms with Crippen molar-refractivity contribution < 1.29 is 24.9 Å². The first-order valence-corrected chi connectivity index (χ1v) is 17.7. The first-order valence-electron chi connectivity index (χ1n) is 17.3. The topological polar surface area (TPSA) is 141 Å². The van der Waals surface area contributed by atoms with Crippen molar-refractivity contribution in [2.24, 2.45) is 22.7 Å². The van der Waals surface area contributed by atoms with Crippen LogP contribution in [0.2, 0.25) is 5.02 Å². The van der Waals surface area contributed by atoms with Crippen LogP contribution in [0, 0.1) is 22.7 Å². The second-order valence-corrected chi connectivity index (χ2v) is 15.6. The summed E-state index contributed by atoms with van der Waals surface area (Å²) < 4.78 is 0. The summed E-state index contributed by atoms with van der Waals surface area (Å²) in [6, 6.07) is 13.8. The molecule has 2 aromatic carbocycles. The molecular formula is C37H48ClN5O5. The molecule has 2 amide bonds. The van der Waals surface area contributed by atoms with Crippen molar-refractivity contribution in [3.63, 3.8) is 0 Å². The van der Waals surface area contributed by atoms with Gasteiger partial charge in [0.1, 0.15) is 12.5 Å².